The lowest BCUT2D eigenvalue weighted by Gasteiger charge is -2.35. The van der Waals surface area contributed by atoms with Gasteiger partial charge in [0.1, 0.15) is 0 Å². The van der Waals surface area contributed by atoms with Crippen molar-refractivity contribution >= 4 is 23.5 Å². The number of aliphatic carboxylic acids is 1. The first-order valence-electron chi connectivity index (χ1n) is 10.3. The number of benzene rings is 1. The maximum Gasteiger partial charge on any atom is 0.308 e. The van der Waals surface area contributed by atoms with Crippen LogP contribution in [0.15, 0.2) is 24.3 Å². The quantitative estimate of drug-likeness (QED) is 0.814. The monoisotopic (exact) mass is 386 g/mol. The average Bonchev–Trinajstić information content (AvgIpc) is 3.02. The van der Waals surface area contributed by atoms with Crippen molar-refractivity contribution < 1.29 is 19.5 Å². The minimum absolute atomic E-state index is 0.0243. The van der Waals surface area contributed by atoms with Gasteiger partial charge in [-0.15, -0.1) is 0 Å². The molecule has 1 saturated carbocycles. The number of carboxylic acid groups (broad SMARTS) is 1. The molecule has 2 N–H and O–H groups in total. The van der Waals surface area contributed by atoms with Gasteiger partial charge in [-0.1, -0.05) is 31.0 Å². The molecular formula is C22H30N2O4. The van der Waals surface area contributed by atoms with E-state index in [-0.39, 0.29) is 23.8 Å². The Kier molecular flexibility index (Phi) is 6.06. The summed E-state index contributed by atoms with van der Waals surface area (Å²) in [6.45, 7) is 5.33. The van der Waals surface area contributed by atoms with E-state index < -0.39 is 23.8 Å². The van der Waals surface area contributed by atoms with E-state index in [0.29, 0.717) is 12.8 Å². The molecule has 1 aliphatic carbocycles. The molecule has 0 radical (unpaired) electrons. The van der Waals surface area contributed by atoms with Crippen LogP contribution in [-0.2, 0) is 20.8 Å². The minimum atomic E-state index is -0.938. The maximum atomic E-state index is 13.5. The van der Waals surface area contributed by atoms with E-state index >= 15 is 0 Å². The summed E-state index contributed by atoms with van der Waals surface area (Å²) in [6, 6.07) is 7.57. The van der Waals surface area contributed by atoms with Crippen LogP contribution in [-0.4, -0.2) is 35.0 Å². The molecule has 152 valence electrons. The first kappa shape index (κ1) is 20.4. The molecule has 1 aromatic carbocycles. The fourth-order valence-electron chi connectivity index (χ4n) is 4.49. The zero-order chi connectivity index (χ0) is 20.4. The maximum absolute atomic E-state index is 13.5. The Morgan fingerprint density at radius 1 is 1.11 bits per heavy atom. The lowest BCUT2D eigenvalue weighted by molar-refractivity contribution is -0.143. The van der Waals surface area contributed by atoms with Gasteiger partial charge in [-0.25, -0.2) is 0 Å². The number of amides is 2. The summed E-state index contributed by atoms with van der Waals surface area (Å²) in [5.41, 5.74) is 2.13. The smallest absolute Gasteiger partial charge is 0.308 e. The third-order valence-corrected chi connectivity index (χ3v) is 6.37. The number of carboxylic acids is 1. The molecule has 6 heteroatoms. The molecule has 1 aromatic rings. The van der Waals surface area contributed by atoms with Crippen molar-refractivity contribution in [2.75, 3.05) is 4.90 Å². The van der Waals surface area contributed by atoms with Crippen LogP contribution in [0, 0.1) is 17.8 Å². The predicted octanol–water partition coefficient (Wildman–Crippen LogP) is 3.00. The Hall–Kier alpha value is -2.37. The Bertz CT molecular complexity index is 763. The number of hydrogen-bond donors (Lipinski definition) is 2. The fraction of sp³-hybridized carbons (Fsp3) is 0.591. The van der Waals surface area contributed by atoms with E-state index in [1.807, 2.05) is 30.0 Å². The Balaban J connectivity index is 1.77. The molecule has 3 rings (SSSR count). The van der Waals surface area contributed by atoms with Crippen LogP contribution in [0.3, 0.4) is 0 Å². The molecule has 2 amide bonds. The molecule has 0 spiro atoms. The van der Waals surface area contributed by atoms with Crippen molar-refractivity contribution in [2.24, 2.45) is 17.8 Å². The van der Waals surface area contributed by atoms with Gasteiger partial charge in [-0.2, -0.15) is 0 Å². The standard InChI is InChI=1S/C22H30N2O4/c1-13-12-16-8-4-7-11-19(16)24(13)21(26)18-10-6-5-9-17(18)20(25)23-15(3)14(2)22(27)28/h4,7-8,11,13-15,17-18H,5-6,9-10,12H2,1-3H3,(H,23,25)(H,27,28). The summed E-state index contributed by atoms with van der Waals surface area (Å²) in [5, 5.41) is 12.0. The molecule has 1 fully saturated rings. The van der Waals surface area contributed by atoms with Crippen LogP contribution in [0.4, 0.5) is 5.69 Å². The molecule has 2 aliphatic rings. The topological polar surface area (TPSA) is 86.7 Å². The van der Waals surface area contributed by atoms with Gasteiger partial charge in [-0.3, -0.25) is 14.4 Å². The third kappa shape index (κ3) is 3.91. The second kappa shape index (κ2) is 8.33. The molecule has 0 aromatic heterocycles. The number of nitrogens with zero attached hydrogens (tertiary/aromatic N) is 1. The summed E-state index contributed by atoms with van der Waals surface area (Å²) in [7, 11) is 0. The van der Waals surface area contributed by atoms with Crippen molar-refractivity contribution in [3.05, 3.63) is 29.8 Å². The zero-order valence-electron chi connectivity index (χ0n) is 16.9. The van der Waals surface area contributed by atoms with Gasteiger partial charge in [0, 0.05) is 23.7 Å². The minimum Gasteiger partial charge on any atom is -0.481 e. The molecule has 5 atom stereocenters. The van der Waals surface area contributed by atoms with Gasteiger partial charge in [0.25, 0.3) is 0 Å². The Morgan fingerprint density at radius 2 is 1.75 bits per heavy atom. The Morgan fingerprint density at radius 3 is 2.43 bits per heavy atom. The number of hydrogen-bond acceptors (Lipinski definition) is 3. The van der Waals surface area contributed by atoms with Crippen molar-refractivity contribution in [3.8, 4) is 0 Å². The number of carbonyl (C=O) groups is 3. The fourth-order valence-corrected chi connectivity index (χ4v) is 4.49. The van der Waals surface area contributed by atoms with Crippen molar-refractivity contribution in [1.29, 1.82) is 0 Å². The summed E-state index contributed by atoms with van der Waals surface area (Å²) >= 11 is 0. The SMILES string of the molecule is CC(NC(=O)C1CCCCC1C(=O)N1c2ccccc2CC1C)C(C)C(=O)O. The summed E-state index contributed by atoms with van der Waals surface area (Å²) < 4.78 is 0. The van der Waals surface area contributed by atoms with E-state index in [1.54, 1.807) is 13.8 Å². The Labute approximate surface area is 166 Å². The highest BCUT2D eigenvalue weighted by Gasteiger charge is 2.42. The second-order valence-corrected chi connectivity index (χ2v) is 8.31. The first-order valence-corrected chi connectivity index (χ1v) is 10.3. The van der Waals surface area contributed by atoms with Crippen LogP contribution in [0.5, 0.6) is 0 Å². The average molecular weight is 386 g/mol. The molecule has 1 heterocycles. The normalized spacial score (nSPS) is 26.2. The lowest BCUT2D eigenvalue weighted by Crippen LogP contribution is -2.49. The molecule has 0 bridgehead atoms. The number of nitrogens with one attached hydrogen (secondary N) is 1. The van der Waals surface area contributed by atoms with E-state index in [1.165, 1.54) is 5.56 Å². The van der Waals surface area contributed by atoms with Gasteiger partial charge < -0.3 is 15.3 Å². The summed E-state index contributed by atoms with van der Waals surface area (Å²) in [6.07, 6.45) is 4.05. The van der Waals surface area contributed by atoms with Crippen molar-refractivity contribution in [2.45, 2.75) is 65.0 Å². The van der Waals surface area contributed by atoms with Crippen LogP contribution in [0.2, 0.25) is 0 Å². The third-order valence-electron chi connectivity index (χ3n) is 6.37. The molecule has 5 unspecified atom stereocenters. The highest BCUT2D eigenvalue weighted by molar-refractivity contribution is 6.00. The van der Waals surface area contributed by atoms with E-state index in [9.17, 15) is 14.4 Å². The summed E-state index contributed by atoms with van der Waals surface area (Å²) in [4.78, 5) is 39.4. The molecular weight excluding hydrogens is 356 g/mol. The van der Waals surface area contributed by atoms with Gasteiger partial charge in [0.2, 0.25) is 11.8 Å². The van der Waals surface area contributed by atoms with Crippen LogP contribution in [0.25, 0.3) is 0 Å². The van der Waals surface area contributed by atoms with E-state index in [0.717, 1.165) is 24.9 Å². The van der Waals surface area contributed by atoms with Crippen molar-refractivity contribution in [1.82, 2.24) is 5.32 Å². The van der Waals surface area contributed by atoms with Gasteiger partial charge in [0.15, 0.2) is 0 Å². The highest BCUT2D eigenvalue weighted by Crippen LogP contribution is 2.38. The highest BCUT2D eigenvalue weighted by atomic mass is 16.4. The zero-order valence-corrected chi connectivity index (χ0v) is 16.9. The predicted molar refractivity (Wildman–Crippen MR) is 107 cm³/mol. The second-order valence-electron chi connectivity index (χ2n) is 8.31. The number of carbonyl (C=O) groups excluding carboxylic acids is 2. The lowest BCUT2D eigenvalue weighted by atomic mass is 9.77. The van der Waals surface area contributed by atoms with E-state index in [4.69, 9.17) is 5.11 Å². The molecule has 1 aliphatic heterocycles. The van der Waals surface area contributed by atoms with E-state index in [2.05, 4.69) is 11.4 Å². The number of fused-ring (bicyclic) bond motifs is 1. The first-order chi connectivity index (χ1) is 13.3. The van der Waals surface area contributed by atoms with Crippen molar-refractivity contribution in [3.63, 3.8) is 0 Å². The number of anilines is 1. The molecule has 28 heavy (non-hydrogen) atoms. The van der Waals surface area contributed by atoms with Crippen LogP contribution >= 0.6 is 0 Å². The van der Waals surface area contributed by atoms with Crippen LogP contribution < -0.4 is 10.2 Å². The number of para-hydroxylation sites is 1. The van der Waals surface area contributed by atoms with Gasteiger partial charge >= 0.3 is 5.97 Å². The van der Waals surface area contributed by atoms with Gasteiger partial charge in [-0.05, 0) is 51.7 Å². The summed E-state index contributed by atoms with van der Waals surface area (Å²) in [5.74, 6) is -2.53. The molecule has 6 nitrogen and oxygen atoms in total. The molecule has 0 saturated heterocycles. The number of rotatable bonds is 5. The van der Waals surface area contributed by atoms with Gasteiger partial charge in [0.05, 0.1) is 11.8 Å². The largest absolute Gasteiger partial charge is 0.481 e. The van der Waals surface area contributed by atoms with Crippen LogP contribution in [0.1, 0.15) is 52.0 Å².